The summed E-state index contributed by atoms with van der Waals surface area (Å²) >= 11 is 0. The van der Waals surface area contributed by atoms with Gasteiger partial charge in [0.25, 0.3) is 0 Å². The summed E-state index contributed by atoms with van der Waals surface area (Å²) in [6, 6.07) is 33.5. The highest BCUT2D eigenvalue weighted by Gasteiger charge is 2.36. The molecule has 0 saturated heterocycles. The molecule has 5 aromatic carbocycles. The van der Waals surface area contributed by atoms with Crippen molar-refractivity contribution in [2.24, 2.45) is 0 Å². The summed E-state index contributed by atoms with van der Waals surface area (Å²) in [5.74, 6) is 0. The van der Waals surface area contributed by atoms with Crippen molar-refractivity contribution in [3.63, 3.8) is 0 Å². The van der Waals surface area contributed by atoms with Gasteiger partial charge in [0.05, 0.1) is 16.6 Å². The first-order chi connectivity index (χ1) is 17.1. The van der Waals surface area contributed by atoms with Gasteiger partial charge < -0.3 is 8.82 Å². The molecule has 2 heteroatoms. The van der Waals surface area contributed by atoms with E-state index >= 15 is 0 Å². The number of rotatable bonds is 0. The Balaban J connectivity index is 1.51. The summed E-state index contributed by atoms with van der Waals surface area (Å²) in [5, 5.41) is 7.55. The quantitative estimate of drug-likeness (QED) is 0.227. The van der Waals surface area contributed by atoms with Gasteiger partial charge in [0.2, 0.25) is 0 Å². The van der Waals surface area contributed by atoms with Gasteiger partial charge in [-0.3, -0.25) is 0 Å². The zero-order chi connectivity index (χ0) is 23.1. The van der Waals surface area contributed by atoms with Crippen molar-refractivity contribution in [2.45, 2.75) is 19.3 Å². The highest BCUT2D eigenvalue weighted by Crippen LogP contribution is 2.51. The fourth-order valence-corrected chi connectivity index (χ4v) is 6.89. The van der Waals surface area contributed by atoms with Gasteiger partial charge in [-0.2, -0.15) is 0 Å². The Bertz CT molecular complexity index is 2190. The minimum atomic E-state index is -0.00392. The minimum absolute atomic E-state index is 0.00392. The van der Waals surface area contributed by atoms with Gasteiger partial charge in [-0.15, -0.1) is 0 Å². The minimum Gasteiger partial charge on any atom is -0.456 e. The lowest BCUT2D eigenvalue weighted by atomic mass is 9.82. The molecule has 0 atom stereocenters. The third-order valence-electron chi connectivity index (χ3n) is 8.52. The maximum Gasteiger partial charge on any atom is 0.136 e. The number of fused-ring (bicyclic) bond motifs is 12. The highest BCUT2D eigenvalue weighted by atomic mass is 16.3. The molecule has 3 aromatic heterocycles. The van der Waals surface area contributed by atoms with Crippen molar-refractivity contribution in [1.82, 2.24) is 4.40 Å². The van der Waals surface area contributed by atoms with Crippen molar-refractivity contribution in [3.8, 4) is 11.1 Å². The lowest BCUT2D eigenvalue weighted by Crippen LogP contribution is -2.14. The molecular weight excluding hydrogens is 426 g/mol. The maximum absolute atomic E-state index is 6.25. The average Bonchev–Trinajstić information content (AvgIpc) is 3.57. The molecule has 1 aliphatic carbocycles. The van der Waals surface area contributed by atoms with Crippen LogP contribution in [0.3, 0.4) is 0 Å². The maximum atomic E-state index is 6.25. The van der Waals surface area contributed by atoms with Crippen molar-refractivity contribution >= 4 is 60.0 Å². The average molecular weight is 448 g/mol. The van der Waals surface area contributed by atoms with Crippen LogP contribution < -0.4 is 0 Å². The van der Waals surface area contributed by atoms with Gasteiger partial charge in [-0.05, 0) is 52.6 Å². The van der Waals surface area contributed by atoms with Crippen LogP contribution in [0.2, 0.25) is 0 Å². The second-order valence-corrected chi connectivity index (χ2v) is 10.6. The molecule has 164 valence electrons. The van der Waals surface area contributed by atoms with Crippen molar-refractivity contribution in [3.05, 3.63) is 102 Å². The Kier molecular flexibility index (Phi) is 2.93. The zero-order valence-electron chi connectivity index (χ0n) is 19.5. The van der Waals surface area contributed by atoms with Gasteiger partial charge in [0.15, 0.2) is 0 Å². The number of benzene rings is 5. The number of furan rings is 1. The fraction of sp³-hybridized carbons (Fsp3) is 0.0909. The van der Waals surface area contributed by atoms with Gasteiger partial charge in [-0.25, -0.2) is 0 Å². The van der Waals surface area contributed by atoms with E-state index in [-0.39, 0.29) is 5.41 Å². The summed E-state index contributed by atoms with van der Waals surface area (Å²) in [4.78, 5) is 0. The van der Waals surface area contributed by atoms with Crippen molar-refractivity contribution < 1.29 is 4.42 Å². The van der Waals surface area contributed by atoms with E-state index in [1.807, 2.05) is 6.07 Å². The Morgan fingerprint density at radius 1 is 0.543 bits per heavy atom. The van der Waals surface area contributed by atoms with E-state index in [0.717, 1.165) is 11.2 Å². The van der Waals surface area contributed by atoms with Gasteiger partial charge in [0, 0.05) is 37.7 Å². The van der Waals surface area contributed by atoms with Gasteiger partial charge in [0.1, 0.15) is 11.2 Å². The molecular formula is C33H21NO. The summed E-state index contributed by atoms with van der Waals surface area (Å²) in [5.41, 5.74) is 11.3. The van der Waals surface area contributed by atoms with Gasteiger partial charge >= 0.3 is 0 Å². The predicted molar refractivity (Wildman–Crippen MR) is 146 cm³/mol. The van der Waals surface area contributed by atoms with Crippen LogP contribution in [0, 0.1) is 0 Å². The lowest BCUT2D eigenvalue weighted by molar-refractivity contribution is 0.661. The summed E-state index contributed by atoms with van der Waals surface area (Å²) in [6.07, 6.45) is 0. The van der Waals surface area contributed by atoms with E-state index in [2.05, 4.69) is 103 Å². The van der Waals surface area contributed by atoms with Crippen molar-refractivity contribution in [1.29, 1.82) is 0 Å². The Hall–Kier alpha value is -4.30. The lowest BCUT2D eigenvalue weighted by Gasteiger charge is -2.21. The Morgan fingerprint density at radius 3 is 2.14 bits per heavy atom. The topological polar surface area (TPSA) is 17.6 Å². The number of para-hydroxylation sites is 2. The first kappa shape index (κ1) is 18.1. The molecule has 0 spiro atoms. The van der Waals surface area contributed by atoms with Crippen molar-refractivity contribution in [2.75, 3.05) is 0 Å². The van der Waals surface area contributed by atoms with Crippen LogP contribution in [0.1, 0.15) is 25.0 Å². The number of aromatic nitrogens is 1. The molecule has 8 aromatic rings. The van der Waals surface area contributed by atoms with Crippen LogP contribution >= 0.6 is 0 Å². The SMILES string of the molecule is CC1(C)c2ccccc2-c2cc3c(cc21)c1cccc2c4cc5oc6ccccc6c5cc4n3c12. The molecule has 0 fully saturated rings. The van der Waals surface area contributed by atoms with E-state index < -0.39 is 0 Å². The van der Waals surface area contributed by atoms with Crippen LogP contribution in [0.15, 0.2) is 95.4 Å². The van der Waals surface area contributed by atoms with E-state index in [1.54, 1.807) is 0 Å². The molecule has 0 aliphatic heterocycles. The first-order valence-corrected chi connectivity index (χ1v) is 12.3. The molecule has 35 heavy (non-hydrogen) atoms. The molecule has 0 bridgehead atoms. The number of nitrogens with zero attached hydrogens (tertiary/aromatic N) is 1. The van der Waals surface area contributed by atoms with Gasteiger partial charge in [-0.1, -0.05) is 74.5 Å². The Morgan fingerprint density at radius 2 is 1.26 bits per heavy atom. The largest absolute Gasteiger partial charge is 0.456 e. The van der Waals surface area contributed by atoms with Crippen LogP contribution in [0.4, 0.5) is 0 Å². The smallest absolute Gasteiger partial charge is 0.136 e. The summed E-state index contributed by atoms with van der Waals surface area (Å²) < 4.78 is 8.74. The van der Waals surface area contributed by atoms with E-state index in [1.165, 1.54) is 71.1 Å². The summed E-state index contributed by atoms with van der Waals surface area (Å²) in [6.45, 7) is 4.71. The second kappa shape index (κ2) is 5.67. The highest BCUT2D eigenvalue weighted by molar-refractivity contribution is 6.26. The number of hydrogen-bond donors (Lipinski definition) is 0. The van der Waals surface area contributed by atoms with E-state index in [9.17, 15) is 0 Å². The molecule has 0 saturated carbocycles. The zero-order valence-corrected chi connectivity index (χ0v) is 19.5. The number of hydrogen-bond acceptors (Lipinski definition) is 1. The van der Waals surface area contributed by atoms with Crippen LogP contribution in [0.5, 0.6) is 0 Å². The van der Waals surface area contributed by atoms with E-state index in [4.69, 9.17) is 4.42 Å². The second-order valence-electron chi connectivity index (χ2n) is 10.6. The fourth-order valence-electron chi connectivity index (χ4n) is 6.89. The molecule has 9 rings (SSSR count). The molecule has 0 unspecified atom stereocenters. The third-order valence-corrected chi connectivity index (χ3v) is 8.52. The summed E-state index contributed by atoms with van der Waals surface area (Å²) in [7, 11) is 0. The van der Waals surface area contributed by atoms with Crippen LogP contribution in [-0.2, 0) is 5.41 Å². The third kappa shape index (κ3) is 1.96. The molecule has 0 N–H and O–H groups in total. The molecule has 0 amide bonds. The molecule has 2 nitrogen and oxygen atoms in total. The molecule has 3 heterocycles. The normalized spacial score (nSPS) is 14.8. The van der Waals surface area contributed by atoms with E-state index in [0.29, 0.717) is 0 Å². The molecule has 0 radical (unpaired) electrons. The predicted octanol–water partition coefficient (Wildman–Crippen LogP) is 9.04. The Labute approximate surface area is 201 Å². The monoisotopic (exact) mass is 447 g/mol. The van der Waals surface area contributed by atoms with Crippen LogP contribution in [-0.4, -0.2) is 4.40 Å². The standard InChI is InChI=1S/C33H21NO/c1-33(2)26-12-5-3-8-18(26)22-15-28-23(14-27(22)33)20-10-7-11-21-24-17-31-25(16-29(24)34(28)32(20)21)19-9-4-6-13-30(19)35-31/h3-17H,1-2H3. The van der Waals surface area contributed by atoms with Crippen LogP contribution in [0.25, 0.3) is 71.2 Å². The first-order valence-electron chi connectivity index (χ1n) is 12.3. The molecule has 1 aliphatic rings.